The Morgan fingerprint density at radius 1 is 1.22 bits per heavy atom. The molecule has 8 heteroatoms. The predicted molar refractivity (Wildman–Crippen MR) is 120 cm³/mol. The Morgan fingerprint density at radius 3 is 2.78 bits per heavy atom. The van der Waals surface area contributed by atoms with Gasteiger partial charge in [-0.3, -0.25) is 14.4 Å². The average Bonchev–Trinajstić information content (AvgIpc) is 3.39. The zero-order valence-corrected chi connectivity index (χ0v) is 18.7. The van der Waals surface area contributed by atoms with Crippen molar-refractivity contribution in [3.05, 3.63) is 30.1 Å². The number of aromatic nitrogens is 2. The van der Waals surface area contributed by atoms with Crippen molar-refractivity contribution in [2.75, 3.05) is 31.7 Å². The highest BCUT2D eigenvalue weighted by molar-refractivity contribution is 5.92. The first-order chi connectivity index (χ1) is 15.6. The van der Waals surface area contributed by atoms with Gasteiger partial charge in [-0.1, -0.05) is 0 Å². The number of methoxy groups -OCH3 is 1. The maximum Gasteiger partial charge on any atom is 0.414 e. The van der Waals surface area contributed by atoms with Crippen molar-refractivity contribution in [2.45, 2.75) is 57.5 Å². The molecule has 2 aliphatic heterocycles. The number of hydrogen-bond donors (Lipinski definition) is 0. The number of carbonyl (C=O) groups is 2. The van der Waals surface area contributed by atoms with Gasteiger partial charge in [-0.2, -0.15) is 5.10 Å². The fourth-order valence-corrected chi connectivity index (χ4v) is 4.79. The van der Waals surface area contributed by atoms with Crippen LogP contribution in [0, 0.1) is 0 Å². The summed E-state index contributed by atoms with van der Waals surface area (Å²) in [5, 5.41) is 4.55. The van der Waals surface area contributed by atoms with E-state index in [0.29, 0.717) is 25.6 Å². The zero-order chi connectivity index (χ0) is 22.2. The van der Waals surface area contributed by atoms with E-state index in [1.165, 1.54) is 20.0 Å². The van der Waals surface area contributed by atoms with E-state index in [1.54, 1.807) is 4.90 Å². The van der Waals surface area contributed by atoms with Crippen LogP contribution in [0.1, 0.15) is 50.6 Å². The summed E-state index contributed by atoms with van der Waals surface area (Å²) in [5.74, 6) is 0.977. The smallest absolute Gasteiger partial charge is 0.414 e. The summed E-state index contributed by atoms with van der Waals surface area (Å²) < 4.78 is 13.5. The van der Waals surface area contributed by atoms with Crippen molar-refractivity contribution in [3.8, 4) is 16.9 Å². The minimum Gasteiger partial charge on any atom is -0.491 e. The van der Waals surface area contributed by atoms with E-state index in [1.807, 2.05) is 34.8 Å². The van der Waals surface area contributed by atoms with Gasteiger partial charge in [0.15, 0.2) is 0 Å². The highest BCUT2D eigenvalue weighted by Gasteiger charge is 2.33. The van der Waals surface area contributed by atoms with Gasteiger partial charge in [0.05, 0.1) is 31.6 Å². The van der Waals surface area contributed by atoms with E-state index < -0.39 is 0 Å². The molecule has 8 nitrogen and oxygen atoms in total. The van der Waals surface area contributed by atoms with Gasteiger partial charge in [-0.05, 0) is 51.2 Å². The van der Waals surface area contributed by atoms with E-state index in [-0.39, 0.29) is 18.0 Å². The lowest BCUT2D eigenvalue weighted by Crippen LogP contribution is -2.42. The number of rotatable bonds is 6. The molecule has 0 spiro atoms. The van der Waals surface area contributed by atoms with Gasteiger partial charge in [0.1, 0.15) is 12.4 Å². The van der Waals surface area contributed by atoms with Crippen molar-refractivity contribution in [1.82, 2.24) is 14.7 Å². The standard InChI is InChI=1S/C24H30N4O4/c1-16-5-8-20-21(28(16)24(30)31-2)10-9-19(17-14-25-27(15-17)18-6-7-18)23(20)32-13-12-26-11-3-4-22(26)29/h9-10,14-16,18H,3-8,11-13H2,1-2H3. The molecular weight excluding hydrogens is 408 g/mol. The third kappa shape index (κ3) is 3.82. The molecule has 2 fully saturated rings. The third-order valence-electron chi connectivity index (χ3n) is 6.73. The first-order valence-electron chi connectivity index (χ1n) is 11.5. The van der Waals surface area contributed by atoms with Gasteiger partial charge >= 0.3 is 6.09 Å². The lowest BCUT2D eigenvalue weighted by Gasteiger charge is -2.35. The summed E-state index contributed by atoms with van der Waals surface area (Å²) in [5.41, 5.74) is 3.83. The molecule has 0 bridgehead atoms. The van der Waals surface area contributed by atoms with Crippen LogP contribution in [0.5, 0.6) is 5.75 Å². The van der Waals surface area contributed by atoms with E-state index in [0.717, 1.165) is 53.9 Å². The number of nitrogens with zero attached hydrogens (tertiary/aromatic N) is 4. The fraction of sp³-hybridized carbons (Fsp3) is 0.542. The molecule has 1 saturated carbocycles. The Kier molecular flexibility index (Phi) is 5.53. The fourth-order valence-electron chi connectivity index (χ4n) is 4.79. The Hall–Kier alpha value is -3.03. The van der Waals surface area contributed by atoms with Gasteiger partial charge in [0, 0.05) is 41.9 Å². The van der Waals surface area contributed by atoms with Crippen LogP contribution in [-0.4, -0.2) is 59.5 Å². The maximum absolute atomic E-state index is 12.5. The van der Waals surface area contributed by atoms with E-state index in [9.17, 15) is 9.59 Å². The first-order valence-corrected chi connectivity index (χ1v) is 11.5. The SMILES string of the molecule is COC(=O)N1c2ccc(-c3cnn(C4CC4)c3)c(OCCN3CCCC3=O)c2CCC1C. The molecule has 170 valence electrons. The van der Waals surface area contributed by atoms with Crippen molar-refractivity contribution in [3.63, 3.8) is 0 Å². The maximum atomic E-state index is 12.5. The number of fused-ring (bicyclic) bond motifs is 1. The van der Waals surface area contributed by atoms with Gasteiger partial charge in [-0.25, -0.2) is 4.79 Å². The number of anilines is 1. The number of carbonyl (C=O) groups excluding carboxylic acids is 2. The molecule has 2 amide bonds. The largest absolute Gasteiger partial charge is 0.491 e. The van der Waals surface area contributed by atoms with Crippen molar-refractivity contribution < 1.29 is 19.1 Å². The monoisotopic (exact) mass is 438 g/mol. The normalized spacial score (nSPS) is 20.4. The van der Waals surface area contributed by atoms with Crippen molar-refractivity contribution in [2.24, 2.45) is 0 Å². The Balaban J connectivity index is 1.49. The Labute approximate surface area is 188 Å². The minimum absolute atomic E-state index is 0.0495. The second kappa shape index (κ2) is 8.48. The number of amides is 2. The molecule has 3 heterocycles. The van der Waals surface area contributed by atoms with Crippen LogP contribution in [0.4, 0.5) is 10.5 Å². The lowest BCUT2D eigenvalue weighted by atomic mass is 9.92. The molecule has 1 atom stereocenters. The highest BCUT2D eigenvalue weighted by atomic mass is 16.5. The lowest BCUT2D eigenvalue weighted by molar-refractivity contribution is -0.128. The van der Waals surface area contributed by atoms with Crippen molar-refractivity contribution >= 4 is 17.7 Å². The summed E-state index contributed by atoms with van der Waals surface area (Å²) in [6, 6.07) is 4.55. The second-order valence-electron chi connectivity index (χ2n) is 8.94. The van der Waals surface area contributed by atoms with E-state index >= 15 is 0 Å². The predicted octanol–water partition coefficient (Wildman–Crippen LogP) is 3.79. The summed E-state index contributed by atoms with van der Waals surface area (Å²) in [6.45, 7) is 3.82. The molecule has 32 heavy (non-hydrogen) atoms. The van der Waals surface area contributed by atoms with Crippen LogP contribution in [-0.2, 0) is 16.0 Å². The molecule has 3 aliphatic rings. The molecule has 0 N–H and O–H groups in total. The van der Waals surface area contributed by atoms with Gasteiger partial charge in [-0.15, -0.1) is 0 Å². The molecule has 2 aromatic rings. The molecule has 1 aromatic heterocycles. The first kappa shape index (κ1) is 20.8. The number of benzene rings is 1. The molecule has 1 aliphatic carbocycles. The summed E-state index contributed by atoms with van der Waals surface area (Å²) in [6.07, 6.45) is 9.13. The molecule has 1 aromatic carbocycles. The number of ether oxygens (including phenoxy) is 2. The van der Waals surface area contributed by atoms with Crippen LogP contribution >= 0.6 is 0 Å². The van der Waals surface area contributed by atoms with Gasteiger partial charge in [0.25, 0.3) is 0 Å². The molecule has 5 rings (SSSR count). The van der Waals surface area contributed by atoms with Crippen LogP contribution in [0.3, 0.4) is 0 Å². The number of hydrogen-bond acceptors (Lipinski definition) is 5. The molecular formula is C24H30N4O4. The van der Waals surface area contributed by atoms with Crippen molar-refractivity contribution in [1.29, 1.82) is 0 Å². The summed E-state index contributed by atoms with van der Waals surface area (Å²) in [7, 11) is 1.41. The van der Waals surface area contributed by atoms with Gasteiger partial charge in [0.2, 0.25) is 5.91 Å². The quantitative estimate of drug-likeness (QED) is 0.686. The van der Waals surface area contributed by atoms with E-state index in [2.05, 4.69) is 11.3 Å². The van der Waals surface area contributed by atoms with Crippen LogP contribution in [0.25, 0.3) is 11.1 Å². The average molecular weight is 439 g/mol. The Bertz CT molecular complexity index is 1030. The van der Waals surface area contributed by atoms with Crippen LogP contribution in [0.15, 0.2) is 24.5 Å². The molecule has 0 radical (unpaired) electrons. The Morgan fingerprint density at radius 2 is 2.06 bits per heavy atom. The minimum atomic E-state index is -0.360. The summed E-state index contributed by atoms with van der Waals surface area (Å²) in [4.78, 5) is 28.1. The highest BCUT2D eigenvalue weighted by Crippen LogP contribution is 2.44. The van der Waals surface area contributed by atoms with Gasteiger partial charge < -0.3 is 14.4 Å². The topological polar surface area (TPSA) is 76.9 Å². The third-order valence-corrected chi connectivity index (χ3v) is 6.73. The van der Waals surface area contributed by atoms with E-state index in [4.69, 9.17) is 9.47 Å². The zero-order valence-electron chi connectivity index (χ0n) is 18.7. The molecule has 1 unspecified atom stereocenters. The molecule has 1 saturated heterocycles. The second-order valence-corrected chi connectivity index (χ2v) is 8.94. The summed E-state index contributed by atoms with van der Waals surface area (Å²) >= 11 is 0. The van der Waals surface area contributed by atoms with Crippen LogP contribution in [0.2, 0.25) is 0 Å². The van der Waals surface area contributed by atoms with Crippen LogP contribution < -0.4 is 9.64 Å². The number of likely N-dealkylation sites (tertiary alicyclic amines) is 1.